The van der Waals surface area contributed by atoms with Crippen LogP contribution in [0.5, 0.6) is 0 Å². The van der Waals surface area contributed by atoms with Crippen molar-refractivity contribution in [1.82, 2.24) is 14.5 Å². The molecule has 0 saturated carbocycles. The Labute approximate surface area is 180 Å². The Morgan fingerprint density at radius 1 is 1.04 bits per heavy atom. The fourth-order valence-electron chi connectivity index (χ4n) is 3.26. The van der Waals surface area contributed by atoms with Crippen molar-refractivity contribution in [2.24, 2.45) is 0 Å². The van der Waals surface area contributed by atoms with Crippen LogP contribution in [0.15, 0.2) is 36.4 Å². The first-order chi connectivity index (χ1) is 13.4. The third-order valence-electron chi connectivity index (χ3n) is 4.51. The van der Waals surface area contributed by atoms with Gasteiger partial charge in [-0.15, -0.1) is 0 Å². The van der Waals surface area contributed by atoms with Gasteiger partial charge in [0.25, 0.3) is 5.91 Å². The summed E-state index contributed by atoms with van der Waals surface area (Å²) in [6, 6.07) is 10.6. The summed E-state index contributed by atoms with van der Waals surface area (Å²) in [6.45, 7) is 5.94. The molecule has 0 atom stereocenters. The Balaban J connectivity index is 1.99. The zero-order chi connectivity index (χ0) is 20.3. The number of hydrogen-bond acceptors (Lipinski definition) is 2. The lowest BCUT2D eigenvalue weighted by Gasteiger charge is -2.23. The largest absolute Gasteiger partial charge is 0.331 e. The number of halogens is 3. The van der Waals surface area contributed by atoms with E-state index < -0.39 is 0 Å². The molecule has 0 radical (unpaired) electrons. The second-order valence-electron chi connectivity index (χ2n) is 6.66. The molecule has 0 N–H and O–H groups in total. The second-order valence-corrected chi connectivity index (χ2v) is 7.94. The fourth-order valence-corrected chi connectivity index (χ4v) is 3.80. The number of nitrogens with zero attached hydrogens (tertiary/aromatic N) is 3. The number of carbonyl (C=O) groups is 1. The van der Waals surface area contributed by atoms with E-state index in [4.69, 9.17) is 39.8 Å². The van der Waals surface area contributed by atoms with Gasteiger partial charge in [-0.1, -0.05) is 48.7 Å². The van der Waals surface area contributed by atoms with Crippen molar-refractivity contribution in [2.75, 3.05) is 6.54 Å². The minimum Gasteiger partial charge on any atom is -0.331 e. The van der Waals surface area contributed by atoms with Crippen LogP contribution < -0.4 is 0 Å². The molecule has 1 amide bonds. The van der Waals surface area contributed by atoms with E-state index in [1.165, 1.54) is 0 Å². The van der Waals surface area contributed by atoms with Crippen molar-refractivity contribution in [2.45, 2.75) is 39.8 Å². The van der Waals surface area contributed by atoms with Crippen LogP contribution in [0.25, 0.3) is 11.0 Å². The molecule has 0 aliphatic carbocycles. The van der Waals surface area contributed by atoms with E-state index >= 15 is 0 Å². The summed E-state index contributed by atoms with van der Waals surface area (Å²) in [5, 5.41) is 1.55. The molecule has 28 heavy (non-hydrogen) atoms. The zero-order valence-corrected chi connectivity index (χ0v) is 18.2. The van der Waals surface area contributed by atoms with Gasteiger partial charge >= 0.3 is 0 Å². The lowest BCUT2D eigenvalue weighted by atomic mass is 10.2. The lowest BCUT2D eigenvalue weighted by Crippen LogP contribution is -2.32. The first-order valence-electron chi connectivity index (χ1n) is 9.33. The minimum atomic E-state index is -0.150. The molecule has 0 saturated heterocycles. The molecule has 0 unspecified atom stereocenters. The molecule has 0 aliphatic rings. The molecule has 0 bridgehead atoms. The molecule has 0 fully saturated rings. The molecular formula is C21H22Cl3N3O. The van der Waals surface area contributed by atoms with Crippen LogP contribution in [-0.4, -0.2) is 26.9 Å². The first kappa shape index (κ1) is 21.0. The van der Waals surface area contributed by atoms with Gasteiger partial charge in [0.2, 0.25) is 0 Å². The molecule has 1 aromatic heterocycles. The van der Waals surface area contributed by atoms with Gasteiger partial charge in [0.05, 0.1) is 28.2 Å². The van der Waals surface area contributed by atoms with E-state index in [0.29, 0.717) is 33.7 Å². The molecular weight excluding hydrogens is 417 g/mol. The van der Waals surface area contributed by atoms with Crippen molar-refractivity contribution in [1.29, 1.82) is 0 Å². The monoisotopic (exact) mass is 437 g/mol. The summed E-state index contributed by atoms with van der Waals surface area (Å²) in [4.78, 5) is 19.7. The number of aromatic nitrogens is 2. The Morgan fingerprint density at radius 2 is 1.75 bits per heavy atom. The normalized spacial score (nSPS) is 11.2. The average Bonchev–Trinajstić information content (AvgIpc) is 3.00. The molecule has 0 spiro atoms. The van der Waals surface area contributed by atoms with Crippen LogP contribution in [0.4, 0.5) is 0 Å². The Bertz CT molecular complexity index is 1000. The fraction of sp³-hybridized carbons (Fsp3) is 0.333. The van der Waals surface area contributed by atoms with Crippen LogP contribution in [0.1, 0.15) is 42.9 Å². The number of aryl methyl sites for hydroxylation is 1. The minimum absolute atomic E-state index is 0.150. The van der Waals surface area contributed by atoms with Crippen molar-refractivity contribution in [3.8, 4) is 0 Å². The molecule has 0 aliphatic heterocycles. The Morgan fingerprint density at radius 3 is 2.46 bits per heavy atom. The quantitative estimate of drug-likeness (QED) is 0.424. The summed E-state index contributed by atoms with van der Waals surface area (Å²) >= 11 is 18.5. The lowest BCUT2D eigenvalue weighted by molar-refractivity contribution is 0.0737. The first-order valence-corrected chi connectivity index (χ1v) is 10.5. The molecule has 7 heteroatoms. The van der Waals surface area contributed by atoms with Gasteiger partial charge in [-0.25, -0.2) is 4.98 Å². The van der Waals surface area contributed by atoms with E-state index in [2.05, 4.69) is 11.5 Å². The van der Waals surface area contributed by atoms with Crippen LogP contribution in [0, 0.1) is 0 Å². The van der Waals surface area contributed by atoms with Crippen LogP contribution in [0.3, 0.4) is 0 Å². The van der Waals surface area contributed by atoms with Gasteiger partial charge in [-0.05, 0) is 49.2 Å². The summed E-state index contributed by atoms with van der Waals surface area (Å²) in [7, 11) is 0. The van der Waals surface area contributed by atoms with Gasteiger partial charge in [0.1, 0.15) is 5.82 Å². The topological polar surface area (TPSA) is 38.1 Å². The maximum Gasteiger partial charge on any atom is 0.255 e. The van der Waals surface area contributed by atoms with E-state index in [0.717, 1.165) is 36.2 Å². The maximum atomic E-state index is 13.2. The highest BCUT2D eigenvalue weighted by atomic mass is 35.5. The molecule has 2 aromatic carbocycles. The number of rotatable bonds is 7. The van der Waals surface area contributed by atoms with Gasteiger partial charge in [0.15, 0.2) is 0 Å². The summed E-state index contributed by atoms with van der Waals surface area (Å²) in [6.07, 6.45) is 1.77. The summed E-state index contributed by atoms with van der Waals surface area (Å²) in [5.74, 6) is 0.682. The Kier molecular flexibility index (Phi) is 6.86. The number of benzene rings is 2. The van der Waals surface area contributed by atoms with Crippen molar-refractivity contribution in [3.63, 3.8) is 0 Å². The highest BCUT2D eigenvalue weighted by Crippen LogP contribution is 2.25. The maximum absolute atomic E-state index is 13.2. The van der Waals surface area contributed by atoms with E-state index in [-0.39, 0.29) is 5.91 Å². The van der Waals surface area contributed by atoms with E-state index in [1.807, 2.05) is 25.1 Å². The highest BCUT2D eigenvalue weighted by molar-refractivity contribution is 6.35. The van der Waals surface area contributed by atoms with Gasteiger partial charge in [0, 0.05) is 23.1 Å². The van der Waals surface area contributed by atoms with Gasteiger partial charge < -0.3 is 9.47 Å². The second kappa shape index (κ2) is 9.17. The number of amides is 1. The van der Waals surface area contributed by atoms with Crippen LogP contribution >= 0.6 is 34.8 Å². The molecule has 3 aromatic rings. The smallest absolute Gasteiger partial charge is 0.255 e. The number of hydrogen-bond donors (Lipinski definition) is 0. The average molecular weight is 439 g/mol. The molecule has 4 nitrogen and oxygen atoms in total. The third-order valence-corrected chi connectivity index (χ3v) is 5.31. The molecule has 148 valence electrons. The SMILES string of the molecule is CCCN(Cc1nc2ccc(Cl)cc2n1CCC)C(=O)c1cc(Cl)ccc1Cl. The third kappa shape index (κ3) is 4.45. The van der Waals surface area contributed by atoms with Crippen molar-refractivity contribution in [3.05, 3.63) is 62.9 Å². The van der Waals surface area contributed by atoms with Crippen LogP contribution in [-0.2, 0) is 13.1 Å². The predicted octanol–water partition coefficient (Wildman–Crippen LogP) is 6.46. The van der Waals surface area contributed by atoms with Crippen molar-refractivity contribution < 1.29 is 4.79 Å². The number of imidazole rings is 1. The molecule has 1 heterocycles. The Hall–Kier alpha value is -1.75. The van der Waals surface area contributed by atoms with Crippen molar-refractivity contribution >= 4 is 51.7 Å². The van der Waals surface area contributed by atoms with E-state index in [1.54, 1.807) is 23.1 Å². The highest BCUT2D eigenvalue weighted by Gasteiger charge is 2.21. The zero-order valence-electron chi connectivity index (χ0n) is 15.9. The summed E-state index contributed by atoms with van der Waals surface area (Å²) in [5.41, 5.74) is 2.26. The standard InChI is InChI=1S/C21H22Cl3N3O/c1-3-9-26(21(28)16-11-14(22)5-7-17(16)24)13-20-25-18-8-6-15(23)12-19(18)27(20)10-4-2/h5-8,11-12H,3-4,9-10,13H2,1-2H3. The van der Waals surface area contributed by atoms with E-state index in [9.17, 15) is 4.79 Å². The van der Waals surface area contributed by atoms with Crippen LogP contribution in [0.2, 0.25) is 15.1 Å². The number of fused-ring (bicyclic) bond motifs is 1. The summed E-state index contributed by atoms with van der Waals surface area (Å²) < 4.78 is 2.14. The van der Waals surface area contributed by atoms with Gasteiger partial charge in [-0.2, -0.15) is 0 Å². The number of carbonyl (C=O) groups excluding carboxylic acids is 1. The predicted molar refractivity (Wildman–Crippen MR) is 117 cm³/mol. The van der Waals surface area contributed by atoms with Gasteiger partial charge in [-0.3, -0.25) is 4.79 Å². The molecule has 3 rings (SSSR count).